The molecule has 0 amide bonds. The molecule has 34 heavy (non-hydrogen) atoms. The Hall–Kier alpha value is -1.49. The van der Waals surface area contributed by atoms with Crippen LogP contribution in [0.5, 0.6) is 0 Å². The first kappa shape index (κ1) is 24.2. The second kappa shape index (κ2) is 8.87. The number of sulfonamides is 1. The third kappa shape index (κ3) is 4.66. The topological polar surface area (TPSA) is 102 Å². The number of hydrogen-bond acceptors (Lipinski definition) is 5. The highest BCUT2D eigenvalue weighted by Crippen LogP contribution is 2.42. The molecule has 2 N–H and O–H groups in total. The average Bonchev–Trinajstić information content (AvgIpc) is 3.55. The van der Waals surface area contributed by atoms with Gasteiger partial charge in [-0.3, -0.25) is 4.79 Å². The number of anilines is 1. The molecule has 0 spiro atoms. The number of rotatable bonds is 6. The molecule has 4 heterocycles. The van der Waals surface area contributed by atoms with Gasteiger partial charge in [0.1, 0.15) is 11.5 Å². The molecule has 5 rings (SSSR count). The van der Waals surface area contributed by atoms with Gasteiger partial charge < -0.3 is 14.9 Å². The van der Waals surface area contributed by atoms with Gasteiger partial charge in [0, 0.05) is 43.0 Å². The maximum atomic E-state index is 12.8. The molecular weight excluding hydrogens is 584 g/mol. The first-order chi connectivity index (χ1) is 16.1. The van der Waals surface area contributed by atoms with E-state index in [1.54, 1.807) is 23.5 Å². The van der Waals surface area contributed by atoms with E-state index in [4.69, 9.17) is 0 Å². The van der Waals surface area contributed by atoms with Crippen molar-refractivity contribution in [2.24, 2.45) is 0 Å². The zero-order valence-corrected chi connectivity index (χ0v) is 23.3. The molecule has 3 aromatic heterocycles. The van der Waals surface area contributed by atoms with Gasteiger partial charge >= 0.3 is 0 Å². The van der Waals surface area contributed by atoms with E-state index in [0.29, 0.717) is 31.4 Å². The van der Waals surface area contributed by atoms with Gasteiger partial charge in [-0.1, -0.05) is 22.6 Å². The summed E-state index contributed by atoms with van der Waals surface area (Å²) in [5.41, 5.74) is 3.65. The summed E-state index contributed by atoms with van der Waals surface area (Å²) < 4.78 is 26.4. The van der Waals surface area contributed by atoms with Crippen molar-refractivity contribution in [3.8, 4) is 11.1 Å². The molecule has 1 saturated heterocycles. The highest BCUT2D eigenvalue weighted by molar-refractivity contribution is 14.1. The van der Waals surface area contributed by atoms with E-state index in [9.17, 15) is 13.2 Å². The molecule has 3 atom stereocenters. The summed E-state index contributed by atoms with van der Waals surface area (Å²) in [6.07, 6.45) is 4.17. The van der Waals surface area contributed by atoms with Crippen molar-refractivity contribution in [1.29, 1.82) is 0 Å². The van der Waals surface area contributed by atoms with Crippen molar-refractivity contribution in [3.63, 3.8) is 0 Å². The first-order valence-electron chi connectivity index (χ1n) is 11.5. The van der Waals surface area contributed by atoms with E-state index >= 15 is 0 Å². The number of pyridine rings is 2. The number of hydrogen-bond donors (Lipinski definition) is 2. The smallest absolute Gasteiger partial charge is 0.250 e. The van der Waals surface area contributed by atoms with Gasteiger partial charge in [0.15, 0.2) is 0 Å². The summed E-state index contributed by atoms with van der Waals surface area (Å²) >= 11 is 2.34. The van der Waals surface area contributed by atoms with Gasteiger partial charge in [-0.25, -0.2) is 13.4 Å². The van der Waals surface area contributed by atoms with Crippen LogP contribution in [0.3, 0.4) is 0 Å². The van der Waals surface area contributed by atoms with Crippen LogP contribution >= 0.6 is 31.8 Å². The second-order valence-electron chi connectivity index (χ2n) is 9.36. The Morgan fingerprint density at radius 2 is 2.00 bits per heavy atom. The van der Waals surface area contributed by atoms with Crippen LogP contribution in [0, 0.1) is 0 Å². The summed E-state index contributed by atoms with van der Waals surface area (Å²) in [5, 5.41) is 1.01. The number of nitrogens with one attached hydrogen (secondary N) is 2. The monoisotopic (exact) mass is 613 g/mol. The minimum Gasteiger partial charge on any atom is -0.351 e. The lowest BCUT2D eigenvalue weighted by Gasteiger charge is -2.46. The molecule has 0 radical (unpaired) electrons. The van der Waals surface area contributed by atoms with Crippen LogP contribution in [-0.2, 0) is 10.0 Å². The Morgan fingerprint density at radius 1 is 1.24 bits per heavy atom. The minimum atomic E-state index is -3.29. The van der Waals surface area contributed by atoms with Crippen molar-refractivity contribution in [3.05, 3.63) is 46.5 Å². The number of aromatic nitrogens is 3. The number of halogens is 1. The van der Waals surface area contributed by atoms with Crippen LogP contribution in [0.15, 0.2) is 35.3 Å². The summed E-state index contributed by atoms with van der Waals surface area (Å²) in [5.74, 6) is 1.37. The molecule has 1 aliphatic carbocycles. The normalized spacial score (nSPS) is 21.6. The largest absolute Gasteiger partial charge is 0.351 e. The van der Waals surface area contributed by atoms with E-state index in [-0.39, 0.29) is 20.5 Å². The second-order valence-corrected chi connectivity index (χ2v) is 16.3. The Bertz CT molecular complexity index is 1390. The molecule has 3 aromatic rings. The zero-order chi connectivity index (χ0) is 24.3. The molecule has 182 valence electrons. The van der Waals surface area contributed by atoms with Gasteiger partial charge in [-0.05, 0) is 61.9 Å². The predicted molar refractivity (Wildman–Crippen MR) is 148 cm³/mol. The Morgan fingerprint density at radius 3 is 2.68 bits per heavy atom. The van der Waals surface area contributed by atoms with E-state index in [1.165, 1.54) is 18.5 Å². The number of fused-ring (bicyclic) bond motifs is 1. The number of alkyl halides is 1. The van der Waals surface area contributed by atoms with Crippen molar-refractivity contribution < 1.29 is 8.42 Å². The lowest BCUT2D eigenvalue weighted by atomic mass is 10.0. The zero-order valence-electron chi connectivity index (χ0n) is 19.2. The molecule has 2 fully saturated rings. The molecule has 0 aromatic carbocycles. The van der Waals surface area contributed by atoms with Crippen LogP contribution in [0.1, 0.15) is 38.3 Å². The Kier molecular flexibility index (Phi) is 6.32. The summed E-state index contributed by atoms with van der Waals surface area (Å²) in [7, 11) is -0.459. The van der Waals surface area contributed by atoms with Gasteiger partial charge in [-0.15, -0.1) is 9.24 Å². The molecule has 0 bridgehead atoms. The van der Waals surface area contributed by atoms with Gasteiger partial charge in [-0.2, -0.15) is 4.31 Å². The first-order valence-corrected chi connectivity index (χ1v) is 14.8. The molecule has 2 aliphatic rings. The lowest BCUT2D eigenvalue weighted by molar-refractivity contribution is 0.326. The van der Waals surface area contributed by atoms with Crippen LogP contribution in [0.2, 0.25) is 0 Å². The standard InChI is InChI=1S/C23H29IN5O3PS/c1-3-34(31,32)28-8-9-29(19(13-28)23(2,24)33)20-10-15(11-21(30)27-20)16-6-7-25-22-17(16)12-18(26-22)14-4-5-14/h6-7,10-12,14,19H,3-5,8-9,13,33H2,1-2H3,(H,25,26)(H,27,30). The highest BCUT2D eigenvalue weighted by Gasteiger charge is 2.40. The van der Waals surface area contributed by atoms with Gasteiger partial charge in [0.2, 0.25) is 15.6 Å². The fourth-order valence-corrected chi connectivity index (χ4v) is 6.63. The van der Waals surface area contributed by atoms with Crippen molar-refractivity contribution in [2.75, 3.05) is 30.3 Å². The molecule has 1 aliphatic heterocycles. The summed E-state index contributed by atoms with van der Waals surface area (Å²) in [6, 6.07) is 7.61. The average molecular weight is 613 g/mol. The van der Waals surface area contributed by atoms with Gasteiger partial charge in [0.05, 0.1) is 15.0 Å². The van der Waals surface area contributed by atoms with E-state index < -0.39 is 10.0 Å². The fraction of sp³-hybridized carbons (Fsp3) is 0.478. The SMILES string of the molecule is CCS(=O)(=O)N1CCN(c2cc(-c3ccnc4[nH]c(C5CC5)cc34)cc(=O)[nH]2)C(C(C)(P)I)C1. The van der Waals surface area contributed by atoms with E-state index in [0.717, 1.165) is 22.2 Å². The van der Waals surface area contributed by atoms with Crippen molar-refractivity contribution >= 4 is 58.7 Å². The maximum Gasteiger partial charge on any atom is 0.250 e. The Labute approximate surface area is 215 Å². The van der Waals surface area contributed by atoms with Crippen LogP contribution < -0.4 is 10.5 Å². The molecule has 3 unspecified atom stereocenters. The fourth-order valence-electron chi connectivity index (χ4n) is 4.72. The predicted octanol–water partition coefficient (Wildman–Crippen LogP) is 3.66. The number of piperazine rings is 1. The molecule has 1 saturated carbocycles. The van der Waals surface area contributed by atoms with Crippen LogP contribution in [0.4, 0.5) is 5.82 Å². The highest BCUT2D eigenvalue weighted by atomic mass is 127. The quantitative estimate of drug-likeness (QED) is 0.251. The number of nitrogens with zero attached hydrogens (tertiary/aromatic N) is 3. The number of H-pyrrole nitrogens is 2. The van der Waals surface area contributed by atoms with Crippen LogP contribution in [-0.4, -0.2) is 62.3 Å². The molecule has 8 nitrogen and oxygen atoms in total. The number of aromatic amines is 2. The molecular formula is C23H29IN5O3PS. The summed E-state index contributed by atoms with van der Waals surface area (Å²) in [6.45, 7) is 4.99. The van der Waals surface area contributed by atoms with Crippen molar-refractivity contribution in [2.45, 2.75) is 41.8 Å². The van der Waals surface area contributed by atoms with E-state index in [2.05, 4.69) is 64.7 Å². The minimum absolute atomic E-state index is 0.0818. The lowest BCUT2D eigenvalue weighted by Crippen LogP contribution is -2.60. The van der Waals surface area contributed by atoms with Crippen LogP contribution in [0.25, 0.3) is 22.2 Å². The third-order valence-corrected chi connectivity index (χ3v) is 9.72. The molecule has 11 heteroatoms. The van der Waals surface area contributed by atoms with Gasteiger partial charge in [0.25, 0.3) is 0 Å². The summed E-state index contributed by atoms with van der Waals surface area (Å²) in [4.78, 5) is 25.9. The third-order valence-electron chi connectivity index (χ3n) is 6.77. The Balaban J connectivity index is 1.55. The van der Waals surface area contributed by atoms with Crippen molar-refractivity contribution in [1.82, 2.24) is 19.3 Å². The van der Waals surface area contributed by atoms with E-state index in [1.807, 2.05) is 12.1 Å². The maximum absolute atomic E-state index is 12.8.